The van der Waals surface area contributed by atoms with Crippen LogP contribution in [0, 0.1) is 0 Å². The van der Waals surface area contributed by atoms with Crippen LogP contribution < -0.4 is 0 Å². The molecular formula is C31H52Fe-6. The Kier molecular flexibility index (Phi) is 18.2. The van der Waals surface area contributed by atoms with Crippen LogP contribution in [0.15, 0.2) is 18.2 Å². The van der Waals surface area contributed by atoms with Gasteiger partial charge >= 0.3 is 0 Å². The van der Waals surface area contributed by atoms with Crippen molar-refractivity contribution in [2.75, 3.05) is 0 Å². The average Bonchev–Trinajstić information content (AvgIpc) is 3.26. The van der Waals surface area contributed by atoms with Crippen LogP contribution in [0.3, 0.4) is 0 Å². The van der Waals surface area contributed by atoms with Crippen LogP contribution in [-0.2, 0) is 62.0 Å². The van der Waals surface area contributed by atoms with Crippen molar-refractivity contribution >= 4 is 0 Å². The minimum absolute atomic E-state index is 0. The Morgan fingerprint density at radius 1 is 0.531 bits per heavy atom. The fourth-order valence-corrected chi connectivity index (χ4v) is 4.99. The van der Waals surface area contributed by atoms with Crippen molar-refractivity contribution in [1.29, 1.82) is 0 Å². The normalized spacial score (nSPS) is 10.6. The molecule has 0 nitrogen and oxygen atoms in total. The van der Waals surface area contributed by atoms with E-state index in [-0.39, 0.29) is 17.1 Å². The zero-order valence-corrected chi connectivity index (χ0v) is 23.6. The summed E-state index contributed by atoms with van der Waals surface area (Å²) < 4.78 is 0. The fraction of sp³-hybridized carbons (Fsp3) is 0.677. The van der Waals surface area contributed by atoms with E-state index in [1.807, 2.05) is 0 Å². The zero-order chi connectivity index (χ0) is 23.1. The predicted molar refractivity (Wildman–Crippen MR) is 142 cm³/mol. The molecule has 0 amide bonds. The topological polar surface area (TPSA) is 0 Å². The predicted octanol–water partition coefficient (Wildman–Crippen LogP) is 9.48. The molecule has 0 spiro atoms. The van der Waals surface area contributed by atoms with Gasteiger partial charge in [-0.3, -0.25) is 0 Å². The average molecular weight is 481 g/mol. The van der Waals surface area contributed by atoms with Crippen LogP contribution in [0.4, 0.5) is 0 Å². The second-order valence-corrected chi connectivity index (χ2v) is 9.32. The van der Waals surface area contributed by atoms with Gasteiger partial charge in [0.05, 0.1) is 0 Å². The first kappa shape index (κ1) is 31.2. The summed E-state index contributed by atoms with van der Waals surface area (Å²) in [6.07, 6.45) is 17.8. The Bertz CT molecular complexity index is 646. The van der Waals surface area contributed by atoms with Gasteiger partial charge in [-0.15, -0.1) is 0 Å². The standard InChI is InChI=1S/C17H29.C14H23.Fe/c1-5-9-14-13-15(10-6-2)17(12-8-4)16(14)11-7-3;1-4-7-12-10-13(8-5-2)14(11-12)9-6-3;/h13H,5-12H2,1-4H3;10-11H,4-9H2,1-3H3;/q-5;-1;. The summed E-state index contributed by atoms with van der Waals surface area (Å²) in [4.78, 5) is 0. The smallest absolute Gasteiger partial charge is 0 e. The van der Waals surface area contributed by atoms with E-state index in [4.69, 9.17) is 0 Å². The van der Waals surface area contributed by atoms with Crippen LogP contribution >= 0.6 is 0 Å². The minimum atomic E-state index is 0. The van der Waals surface area contributed by atoms with E-state index in [2.05, 4.69) is 66.7 Å². The van der Waals surface area contributed by atoms with Gasteiger partial charge in [0.15, 0.2) is 0 Å². The molecule has 190 valence electrons. The van der Waals surface area contributed by atoms with Gasteiger partial charge < -0.3 is 28.3 Å². The molecule has 0 unspecified atom stereocenters. The third-order valence-corrected chi connectivity index (χ3v) is 6.24. The number of hydrogen-bond donors (Lipinski definition) is 0. The van der Waals surface area contributed by atoms with E-state index in [9.17, 15) is 0 Å². The third-order valence-electron chi connectivity index (χ3n) is 6.24. The van der Waals surface area contributed by atoms with Crippen molar-refractivity contribution in [3.05, 3.63) is 57.1 Å². The Labute approximate surface area is 212 Å². The SMILES string of the molecule is CCC[c-]1[cH-][c-](CCC)[c-](CCC)[c-]1CCC.CCCc1c[c-](CCC)cc1CCC.[Fe]. The summed E-state index contributed by atoms with van der Waals surface area (Å²) in [5.41, 5.74) is 11.5. The molecule has 2 aromatic rings. The first-order chi connectivity index (χ1) is 15.1. The summed E-state index contributed by atoms with van der Waals surface area (Å²) in [6.45, 7) is 16.0. The summed E-state index contributed by atoms with van der Waals surface area (Å²) >= 11 is 0. The molecule has 0 radical (unpaired) electrons. The Hall–Kier alpha value is -0.781. The van der Waals surface area contributed by atoms with Crippen LogP contribution in [0.5, 0.6) is 0 Å². The molecule has 0 saturated carbocycles. The number of rotatable bonds is 14. The zero-order valence-electron chi connectivity index (χ0n) is 22.5. The van der Waals surface area contributed by atoms with Gasteiger partial charge in [0.1, 0.15) is 0 Å². The molecule has 0 aliphatic rings. The first-order valence-corrected chi connectivity index (χ1v) is 13.7. The van der Waals surface area contributed by atoms with Crippen LogP contribution in [0.2, 0.25) is 0 Å². The van der Waals surface area contributed by atoms with Crippen molar-refractivity contribution in [3.63, 3.8) is 0 Å². The quantitative estimate of drug-likeness (QED) is 0.187. The van der Waals surface area contributed by atoms with E-state index in [1.165, 1.54) is 89.9 Å². The molecule has 0 bridgehead atoms. The molecule has 0 fully saturated rings. The monoisotopic (exact) mass is 480 g/mol. The van der Waals surface area contributed by atoms with Crippen LogP contribution in [0.25, 0.3) is 0 Å². The van der Waals surface area contributed by atoms with Crippen LogP contribution in [-0.4, -0.2) is 0 Å². The molecule has 2 rings (SSSR count). The van der Waals surface area contributed by atoms with Crippen molar-refractivity contribution in [2.45, 2.75) is 138 Å². The fourth-order valence-electron chi connectivity index (χ4n) is 4.99. The molecule has 0 aliphatic carbocycles. The van der Waals surface area contributed by atoms with Crippen molar-refractivity contribution in [3.8, 4) is 0 Å². The van der Waals surface area contributed by atoms with Gasteiger partial charge in [-0.25, -0.2) is 25.7 Å². The maximum atomic E-state index is 2.52. The van der Waals surface area contributed by atoms with Gasteiger partial charge in [-0.05, 0) is 0 Å². The molecule has 0 heterocycles. The molecule has 0 atom stereocenters. The molecule has 2 aromatic carbocycles. The third kappa shape index (κ3) is 10.0. The maximum Gasteiger partial charge on any atom is 0 e. The molecule has 0 saturated heterocycles. The van der Waals surface area contributed by atoms with Gasteiger partial charge in [-0.1, -0.05) is 113 Å². The molecule has 32 heavy (non-hydrogen) atoms. The Morgan fingerprint density at radius 3 is 1.22 bits per heavy atom. The van der Waals surface area contributed by atoms with E-state index >= 15 is 0 Å². The van der Waals surface area contributed by atoms with Crippen molar-refractivity contribution in [2.24, 2.45) is 0 Å². The molecule has 0 aliphatic heterocycles. The van der Waals surface area contributed by atoms with E-state index in [0.717, 1.165) is 0 Å². The van der Waals surface area contributed by atoms with Gasteiger partial charge in [0.25, 0.3) is 0 Å². The Balaban J connectivity index is 0.000000592. The molecule has 0 N–H and O–H groups in total. The summed E-state index contributed by atoms with van der Waals surface area (Å²) in [5, 5.41) is 0. The van der Waals surface area contributed by atoms with E-state index in [1.54, 1.807) is 38.9 Å². The molecule has 0 aromatic heterocycles. The maximum absolute atomic E-state index is 2.52. The molecule has 1 heteroatoms. The Morgan fingerprint density at radius 2 is 0.906 bits per heavy atom. The van der Waals surface area contributed by atoms with Gasteiger partial charge in [0.2, 0.25) is 0 Å². The largest absolute Gasteiger partial charge is 0.742 e. The second kappa shape index (κ2) is 18.6. The molecular weight excluding hydrogens is 428 g/mol. The second-order valence-electron chi connectivity index (χ2n) is 9.32. The van der Waals surface area contributed by atoms with E-state index < -0.39 is 0 Å². The number of aryl methyl sites for hydroxylation is 5. The van der Waals surface area contributed by atoms with Crippen molar-refractivity contribution in [1.82, 2.24) is 0 Å². The summed E-state index contributed by atoms with van der Waals surface area (Å²) in [6, 6.07) is 7.37. The summed E-state index contributed by atoms with van der Waals surface area (Å²) in [5.74, 6) is 0. The van der Waals surface area contributed by atoms with Gasteiger partial charge in [0, 0.05) is 17.1 Å². The first-order valence-electron chi connectivity index (χ1n) is 13.7. The number of hydrogen-bond acceptors (Lipinski definition) is 0. The van der Waals surface area contributed by atoms with Crippen molar-refractivity contribution < 1.29 is 17.1 Å². The summed E-state index contributed by atoms with van der Waals surface area (Å²) in [7, 11) is 0. The van der Waals surface area contributed by atoms with Gasteiger partial charge in [-0.2, -0.15) is 28.8 Å². The van der Waals surface area contributed by atoms with Crippen LogP contribution in [0.1, 0.15) is 132 Å². The minimum Gasteiger partial charge on any atom is -0.742 e. The van der Waals surface area contributed by atoms with E-state index in [0.29, 0.717) is 0 Å².